The van der Waals surface area contributed by atoms with Gasteiger partial charge in [0.25, 0.3) is 5.91 Å². The molecule has 2 rings (SSSR count). The first-order valence-electron chi connectivity index (χ1n) is 5.31. The maximum atomic E-state index is 11.9. The second-order valence-electron chi connectivity index (χ2n) is 3.74. The maximum Gasteiger partial charge on any atom is 0.259 e. The highest BCUT2D eigenvalue weighted by atomic mass is 32.1. The summed E-state index contributed by atoms with van der Waals surface area (Å²) in [6.07, 6.45) is 1.65. The summed E-state index contributed by atoms with van der Waals surface area (Å²) in [6.45, 7) is 1.79. The van der Waals surface area contributed by atoms with Crippen molar-refractivity contribution in [2.75, 3.05) is 0 Å². The average Bonchev–Trinajstić information content (AvgIpc) is 2.81. The normalized spacial score (nSPS) is 12.1. The molecule has 2 aromatic rings. The molecule has 3 N–H and O–H groups in total. The largest absolute Gasteiger partial charge is 0.507 e. The van der Waals surface area contributed by atoms with E-state index in [1.165, 1.54) is 29.5 Å². The van der Waals surface area contributed by atoms with Gasteiger partial charge >= 0.3 is 0 Å². The molecule has 5 nitrogen and oxygen atoms in total. The number of thiazole rings is 1. The molecule has 1 atom stereocenters. The number of hydrogen-bond donors (Lipinski definition) is 3. The van der Waals surface area contributed by atoms with Gasteiger partial charge in [-0.1, -0.05) is 6.07 Å². The SMILES string of the molecule is CC(NC(=O)c1c(O)cccc1O)c1nccs1. The smallest absolute Gasteiger partial charge is 0.259 e. The quantitative estimate of drug-likeness (QED) is 0.792. The number of benzene rings is 1. The Bertz CT molecular complexity index is 534. The van der Waals surface area contributed by atoms with E-state index in [4.69, 9.17) is 0 Å². The maximum absolute atomic E-state index is 11.9. The number of phenols is 2. The van der Waals surface area contributed by atoms with Crippen LogP contribution in [0.15, 0.2) is 29.8 Å². The Labute approximate surface area is 108 Å². The Morgan fingerprint density at radius 2 is 2.06 bits per heavy atom. The molecular weight excluding hydrogens is 252 g/mol. The summed E-state index contributed by atoms with van der Waals surface area (Å²) < 4.78 is 0. The van der Waals surface area contributed by atoms with Crippen molar-refractivity contribution >= 4 is 17.2 Å². The summed E-state index contributed by atoms with van der Waals surface area (Å²) in [5.41, 5.74) is -0.124. The minimum atomic E-state index is -0.534. The van der Waals surface area contributed by atoms with Crippen LogP contribution in [0, 0.1) is 0 Å². The monoisotopic (exact) mass is 264 g/mol. The van der Waals surface area contributed by atoms with E-state index in [9.17, 15) is 15.0 Å². The zero-order valence-corrected chi connectivity index (χ0v) is 10.4. The summed E-state index contributed by atoms with van der Waals surface area (Å²) in [5, 5.41) is 24.4. The minimum absolute atomic E-state index is 0.124. The van der Waals surface area contributed by atoms with E-state index in [-0.39, 0.29) is 23.1 Å². The topological polar surface area (TPSA) is 82.5 Å². The van der Waals surface area contributed by atoms with Gasteiger partial charge < -0.3 is 15.5 Å². The summed E-state index contributed by atoms with van der Waals surface area (Å²) in [5.74, 6) is -1.04. The van der Waals surface area contributed by atoms with Gasteiger partial charge in [-0.05, 0) is 19.1 Å². The van der Waals surface area contributed by atoms with Gasteiger partial charge in [-0.15, -0.1) is 11.3 Å². The average molecular weight is 264 g/mol. The van der Waals surface area contributed by atoms with E-state index < -0.39 is 5.91 Å². The molecule has 0 saturated heterocycles. The van der Waals surface area contributed by atoms with Crippen molar-refractivity contribution in [1.29, 1.82) is 0 Å². The second-order valence-corrected chi connectivity index (χ2v) is 4.66. The molecule has 0 bridgehead atoms. The van der Waals surface area contributed by atoms with Gasteiger partial charge in [-0.2, -0.15) is 0 Å². The van der Waals surface area contributed by atoms with Crippen LogP contribution in [0.1, 0.15) is 28.3 Å². The summed E-state index contributed by atoms with van der Waals surface area (Å²) in [7, 11) is 0. The van der Waals surface area contributed by atoms with Gasteiger partial charge in [-0.25, -0.2) is 4.98 Å². The first-order valence-corrected chi connectivity index (χ1v) is 6.18. The third kappa shape index (κ3) is 2.43. The van der Waals surface area contributed by atoms with Gasteiger partial charge in [-0.3, -0.25) is 4.79 Å². The molecule has 1 unspecified atom stereocenters. The van der Waals surface area contributed by atoms with Crippen molar-refractivity contribution < 1.29 is 15.0 Å². The van der Waals surface area contributed by atoms with E-state index >= 15 is 0 Å². The molecular formula is C12H12N2O3S. The van der Waals surface area contributed by atoms with Crippen LogP contribution in [0.5, 0.6) is 11.5 Å². The molecule has 0 aliphatic rings. The van der Waals surface area contributed by atoms with Gasteiger partial charge in [0.05, 0.1) is 6.04 Å². The lowest BCUT2D eigenvalue weighted by molar-refractivity contribution is 0.0934. The molecule has 0 fully saturated rings. The molecule has 1 aromatic heterocycles. The highest BCUT2D eigenvalue weighted by Crippen LogP contribution is 2.27. The molecule has 0 radical (unpaired) electrons. The van der Waals surface area contributed by atoms with Gasteiger partial charge in [0, 0.05) is 11.6 Å². The highest BCUT2D eigenvalue weighted by Gasteiger charge is 2.19. The number of rotatable bonds is 3. The summed E-state index contributed by atoms with van der Waals surface area (Å²) >= 11 is 1.43. The number of amides is 1. The number of carbonyl (C=O) groups is 1. The fraction of sp³-hybridized carbons (Fsp3) is 0.167. The molecule has 1 heterocycles. The fourth-order valence-corrected chi connectivity index (χ4v) is 2.19. The third-order valence-corrected chi connectivity index (χ3v) is 3.38. The molecule has 94 valence electrons. The predicted molar refractivity (Wildman–Crippen MR) is 67.8 cm³/mol. The Morgan fingerprint density at radius 1 is 1.39 bits per heavy atom. The summed E-state index contributed by atoms with van der Waals surface area (Å²) in [4.78, 5) is 16.0. The molecule has 0 saturated carbocycles. The van der Waals surface area contributed by atoms with Gasteiger partial charge in [0.2, 0.25) is 0 Å². The molecule has 6 heteroatoms. The van der Waals surface area contributed by atoms with Crippen LogP contribution in [-0.4, -0.2) is 21.1 Å². The van der Waals surface area contributed by atoms with Crippen LogP contribution in [0.3, 0.4) is 0 Å². The minimum Gasteiger partial charge on any atom is -0.507 e. The lowest BCUT2D eigenvalue weighted by Crippen LogP contribution is -2.26. The number of hydrogen-bond acceptors (Lipinski definition) is 5. The number of nitrogens with zero attached hydrogens (tertiary/aromatic N) is 1. The van der Waals surface area contributed by atoms with Crippen molar-refractivity contribution in [2.45, 2.75) is 13.0 Å². The van der Waals surface area contributed by atoms with Crippen LogP contribution in [0.25, 0.3) is 0 Å². The Morgan fingerprint density at radius 3 is 2.61 bits per heavy atom. The number of aromatic nitrogens is 1. The van der Waals surface area contributed by atoms with Crippen molar-refractivity contribution in [1.82, 2.24) is 10.3 Å². The van der Waals surface area contributed by atoms with Gasteiger partial charge in [0.15, 0.2) is 0 Å². The Kier molecular flexibility index (Phi) is 3.47. The zero-order valence-electron chi connectivity index (χ0n) is 9.62. The van der Waals surface area contributed by atoms with Crippen LogP contribution in [-0.2, 0) is 0 Å². The number of phenolic OH excluding ortho intramolecular Hbond substituents is 2. The predicted octanol–water partition coefficient (Wildman–Crippen LogP) is 2.05. The summed E-state index contributed by atoms with van der Waals surface area (Å²) in [6, 6.07) is 3.88. The van der Waals surface area contributed by atoms with Crippen molar-refractivity contribution in [3.8, 4) is 11.5 Å². The Hall–Kier alpha value is -2.08. The van der Waals surface area contributed by atoms with Crippen LogP contribution < -0.4 is 5.32 Å². The van der Waals surface area contributed by atoms with E-state index in [1.807, 2.05) is 5.38 Å². The standard InChI is InChI=1S/C12H12N2O3S/c1-7(12-13-5-6-18-12)14-11(17)10-8(15)3-2-4-9(10)16/h2-7,15-16H,1H3,(H,14,17). The van der Waals surface area contributed by atoms with Gasteiger partial charge in [0.1, 0.15) is 22.1 Å². The highest BCUT2D eigenvalue weighted by molar-refractivity contribution is 7.09. The third-order valence-electron chi connectivity index (χ3n) is 2.42. The van der Waals surface area contributed by atoms with Crippen LogP contribution >= 0.6 is 11.3 Å². The first kappa shape index (κ1) is 12.4. The van der Waals surface area contributed by atoms with Crippen molar-refractivity contribution in [3.05, 3.63) is 40.3 Å². The van der Waals surface area contributed by atoms with E-state index in [1.54, 1.807) is 13.1 Å². The zero-order chi connectivity index (χ0) is 13.1. The van der Waals surface area contributed by atoms with Crippen molar-refractivity contribution in [3.63, 3.8) is 0 Å². The lowest BCUT2D eigenvalue weighted by Gasteiger charge is -2.12. The number of aromatic hydroxyl groups is 2. The molecule has 1 amide bonds. The molecule has 0 spiro atoms. The molecule has 0 aliphatic carbocycles. The number of carbonyl (C=O) groups excluding carboxylic acids is 1. The van der Waals surface area contributed by atoms with E-state index in [2.05, 4.69) is 10.3 Å². The molecule has 0 aliphatic heterocycles. The van der Waals surface area contributed by atoms with E-state index in [0.717, 1.165) is 5.01 Å². The lowest BCUT2D eigenvalue weighted by atomic mass is 10.1. The van der Waals surface area contributed by atoms with E-state index in [0.29, 0.717) is 0 Å². The molecule has 1 aromatic carbocycles. The second kappa shape index (κ2) is 5.05. The van der Waals surface area contributed by atoms with Crippen LogP contribution in [0.2, 0.25) is 0 Å². The van der Waals surface area contributed by atoms with Crippen LogP contribution in [0.4, 0.5) is 0 Å². The molecule has 18 heavy (non-hydrogen) atoms. The number of nitrogens with one attached hydrogen (secondary N) is 1. The van der Waals surface area contributed by atoms with Crippen molar-refractivity contribution in [2.24, 2.45) is 0 Å². The Balaban J connectivity index is 2.18. The first-order chi connectivity index (χ1) is 8.59. The fourth-order valence-electron chi connectivity index (χ4n) is 1.54.